The van der Waals surface area contributed by atoms with Crippen LogP contribution in [0.4, 0.5) is 0 Å². The fraction of sp³-hybridized carbons (Fsp3) is 0.667. The van der Waals surface area contributed by atoms with E-state index >= 15 is 0 Å². The molecule has 1 aromatic rings. The van der Waals surface area contributed by atoms with Gasteiger partial charge in [-0.15, -0.1) is 0 Å². The second-order valence-electron chi connectivity index (χ2n) is 7.06. The molecule has 1 aliphatic heterocycles. The van der Waals surface area contributed by atoms with Crippen molar-refractivity contribution in [3.05, 3.63) is 35.4 Å². The summed E-state index contributed by atoms with van der Waals surface area (Å²) < 4.78 is 0. The molecule has 112 valence electrons. The Kier molecular flexibility index (Phi) is 5.22. The van der Waals surface area contributed by atoms with Crippen molar-refractivity contribution in [1.82, 2.24) is 10.2 Å². The standard InChI is InChI=1S/C18H30N2/c1-5-19-17(18(2,3)4)11-13-20-12-10-15-8-6-7-9-16(15)14-20/h6-9,17,19H,5,10-14H2,1-4H3. The fourth-order valence-electron chi connectivity index (χ4n) is 3.14. The molecule has 1 atom stereocenters. The van der Waals surface area contributed by atoms with Gasteiger partial charge in [-0.3, -0.25) is 4.90 Å². The number of hydrogen-bond donors (Lipinski definition) is 1. The van der Waals surface area contributed by atoms with Gasteiger partial charge < -0.3 is 5.32 Å². The Morgan fingerprint density at radius 1 is 1.20 bits per heavy atom. The molecule has 0 spiro atoms. The molecule has 1 aromatic carbocycles. The Morgan fingerprint density at radius 2 is 1.90 bits per heavy atom. The molecule has 1 heterocycles. The van der Waals surface area contributed by atoms with Gasteiger partial charge in [0.05, 0.1) is 0 Å². The quantitative estimate of drug-likeness (QED) is 0.884. The Balaban J connectivity index is 1.89. The number of rotatable bonds is 5. The van der Waals surface area contributed by atoms with E-state index in [9.17, 15) is 0 Å². The van der Waals surface area contributed by atoms with Crippen molar-refractivity contribution in [3.63, 3.8) is 0 Å². The molecule has 2 heteroatoms. The summed E-state index contributed by atoms with van der Waals surface area (Å²) in [5, 5.41) is 3.65. The molecule has 2 nitrogen and oxygen atoms in total. The molecule has 1 aliphatic rings. The van der Waals surface area contributed by atoms with Gasteiger partial charge >= 0.3 is 0 Å². The lowest BCUT2D eigenvalue weighted by molar-refractivity contribution is 0.196. The van der Waals surface area contributed by atoms with E-state index in [0.717, 1.165) is 13.1 Å². The molecular weight excluding hydrogens is 244 g/mol. The molecule has 0 aromatic heterocycles. The first-order valence-electron chi connectivity index (χ1n) is 8.03. The van der Waals surface area contributed by atoms with Gasteiger partial charge in [-0.25, -0.2) is 0 Å². The van der Waals surface area contributed by atoms with Crippen molar-refractivity contribution < 1.29 is 0 Å². The summed E-state index contributed by atoms with van der Waals surface area (Å²) in [5.74, 6) is 0. The van der Waals surface area contributed by atoms with E-state index in [2.05, 4.69) is 62.2 Å². The summed E-state index contributed by atoms with van der Waals surface area (Å²) >= 11 is 0. The second kappa shape index (κ2) is 6.73. The summed E-state index contributed by atoms with van der Waals surface area (Å²) in [5.41, 5.74) is 3.40. The molecule has 0 bridgehead atoms. The van der Waals surface area contributed by atoms with E-state index < -0.39 is 0 Å². The maximum absolute atomic E-state index is 3.65. The predicted molar refractivity (Wildman–Crippen MR) is 87.0 cm³/mol. The molecule has 0 radical (unpaired) electrons. The van der Waals surface area contributed by atoms with E-state index in [1.807, 2.05) is 0 Å². The van der Waals surface area contributed by atoms with Crippen LogP contribution in [0.1, 0.15) is 45.2 Å². The zero-order valence-electron chi connectivity index (χ0n) is 13.6. The number of fused-ring (bicyclic) bond motifs is 1. The van der Waals surface area contributed by atoms with E-state index in [1.165, 1.54) is 31.5 Å². The Labute approximate surface area is 124 Å². The average molecular weight is 274 g/mol. The van der Waals surface area contributed by atoms with Gasteiger partial charge in [0.1, 0.15) is 0 Å². The van der Waals surface area contributed by atoms with Gasteiger partial charge in [-0.05, 0) is 42.5 Å². The van der Waals surface area contributed by atoms with E-state index in [-0.39, 0.29) is 0 Å². The van der Waals surface area contributed by atoms with Crippen LogP contribution in [-0.4, -0.2) is 30.6 Å². The minimum Gasteiger partial charge on any atom is -0.314 e. The molecule has 0 fully saturated rings. The SMILES string of the molecule is CCNC(CCN1CCc2ccccc2C1)C(C)(C)C. The molecule has 0 saturated heterocycles. The maximum atomic E-state index is 3.65. The number of nitrogens with one attached hydrogen (secondary N) is 1. The van der Waals surface area contributed by atoms with E-state index in [4.69, 9.17) is 0 Å². The summed E-state index contributed by atoms with van der Waals surface area (Å²) in [6.07, 6.45) is 2.44. The predicted octanol–water partition coefficient (Wildman–Crippen LogP) is 3.46. The summed E-state index contributed by atoms with van der Waals surface area (Å²) in [7, 11) is 0. The van der Waals surface area contributed by atoms with Gasteiger partial charge in [-0.1, -0.05) is 52.0 Å². The maximum Gasteiger partial charge on any atom is 0.0236 e. The average Bonchev–Trinajstić information content (AvgIpc) is 2.42. The van der Waals surface area contributed by atoms with Crippen LogP contribution in [0, 0.1) is 5.41 Å². The van der Waals surface area contributed by atoms with Crippen molar-refractivity contribution in [2.75, 3.05) is 19.6 Å². The number of benzene rings is 1. The summed E-state index contributed by atoms with van der Waals surface area (Å²) in [4.78, 5) is 2.61. The highest BCUT2D eigenvalue weighted by atomic mass is 15.1. The minimum absolute atomic E-state index is 0.337. The third-order valence-electron chi connectivity index (χ3n) is 4.44. The zero-order chi connectivity index (χ0) is 14.6. The Morgan fingerprint density at radius 3 is 2.55 bits per heavy atom. The lowest BCUT2D eigenvalue weighted by Gasteiger charge is -2.35. The molecule has 0 amide bonds. The van der Waals surface area contributed by atoms with Crippen molar-refractivity contribution >= 4 is 0 Å². The van der Waals surface area contributed by atoms with Gasteiger partial charge in [0.25, 0.3) is 0 Å². The van der Waals surface area contributed by atoms with Gasteiger partial charge in [0.15, 0.2) is 0 Å². The molecule has 20 heavy (non-hydrogen) atoms. The fourth-order valence-corrected chi connectivity index (χ4v) is 3.14. The van der Waals surface area contributed by atoms with Crippen LogP contribution < -0.4 is 5.32 Å². The van der Waals surface area contributed by atoms with E-state index in [1.54, 1.807) is 5.56 Å². The lowest BCUT2D eigenvalue weighted by Crippen LogP contribution is -2.43. The first-order chi connectivity index (χ1) is 9.50. The lowest BCUT2D eigenvalue weighted by atomic mass is 9.84. The molecule has 2 rings (SSSR count). The highest BCUT2D eigenvalue weighted by Crippen LogP contribution is 2.24. The van der Waals surface area contributed by atoms with E-state index in [0.29, 0.717) is 11.5 Å². The molecular formula is C18H30N2. The molecule has 0 saturated carbocycles. The van der Waals surface area contributed by atoms with Gasteiger partial charge in [0, 0.05) is 19.1 Å². The first-order valence-corrected chi connectivity index (χ1v) is 8.03. The second-order valence-corrected chi connectivity index (χ2v) is 7.06. The van der Waals surface area contributed by atoms with Crippen LogP contribution in [0.2, 0.25) is 0 Å². The topological polar surface area (TPSA) is 15.3 Å². The third kappa shape index (κ3) is 4.07. The Bertz CT molecular complexity index is 420. The van der Waals surface area contributed by atoms with Gasteiger partial charge in [0.2, 0.25) is 0 Å². The van der Waals surface area contributed by atoms with Crippen LogP contribution in [-0.2, 0) is 13.0 Å². The van der Waals surface area contributed by atoms with Crippen LogP contribution in [0.25, 0.3) is 0 Å². The van der Waals surface area contributed by atoms with Crippen LogP contribution in [0.5, 0.6) is 0 Å². The van der Waals surface area contributed by atoms with Crippen LogP contribution in [0.3, 0.4) is 0 Å². The highest BCUT2D eigenvalue weighted by molar-refractivity contribution is 5.28. The smallest absolute Gasteiger partial charge is 0.0236 e. The molecule has 0 aliphatic carbocycles. The van der Waals surface area contributed by atoms with Crippen molar-refractivity contribution in [2.45, 2.75) is 53.1 Å². The molecule has 1 unspecified atom stereocenters. The van der Waals surface area contributed by atoms with Gasteiger partial charge in [-0.2, -0.15) is 0 Å². The van der Waals surface area contributed by atoms with Crippen LogP contribution >= 0.6 is 0 Å². The first kappa shape index (κ1) is 15.5. The van der Waals surface area contributed by atoms with Crippen molar-refractivity contribution in [2.24, 2.45) is 5.41 Å². The largest absolute Gasteiger partial charge is 0.314 e. The summed E-state index contributed by atoms with van der Waals surface area (Å²) in [6, 6.07) is 9.49. The Hall–Kier alpha value is -0.860. The number of nitrogens with zero attached hydrogens (tertiary/aromatic N) is 1. The summed E-state index contributed by atoms with van der Waals surface area (Å²) in [6.45, 7) is 13.8. The number of hydrogen-bond acceptors (Lipinski definition) is 2. The minimum atomic E-state index is 0.337. The third-order valence-corrected chi connectivity index (χ3v) is 4.44. The van der Waals surface area contributed by atoms with Crippen molar-refractivity contribution in [3.8, 4) is 0 Å². The zero-order valence-corrected chi connectivity index (χ0v) is 13.6. The normalized spacial score (nSPS) is 17.8. The van der Waals surface area contributed by atoms with Crippen molar-refractivity contribution in [1.29, 1.82) is 0 Å². The van der Waals surface area contributed by atoms with Crippen LogP contribution in [0.15, 0.2) is 24.3 Å². The highest BCUT2D eigenvalue weighted by Gasteiger charge is 2.24. The molecule has 1 N–H and O–H groups in total. The monoisotopic (exact) mass is 274 g/mol.